The number of furan rings is 1. The highest BCUT2D eigenvalue weighted by Crippen LogP contribution is 2.19. The smallest absolute Gasteiger partial charge is 0.410 e. The summed E-state index contributed by atoms with van der Waals surface area (Å²) in [6.07, 6.45) is 3.51. The van der Waals surface area contributed by atoms with E-state index >= 15 is 0 Å². The molecule has 2 heterocycles. The van der Waals surface area contributed by atoms with Crippen molar-refractivity contribution < 1.29 is 13.9 Å². The Hall–Kier alpha value is -1.49. The van der Waals surface area contributed by atoms with Crippen LogP contribution >= 0.6 is 0 Å². The number of likely N-dealkylation sites (tertiary alicyclic amines) is 1. The van der Waals surface area contributed by atoms with Crippen LogP contribution in [0.3, 0.4) is 0 Å². The summed E-state index contributed by atoms with van der Waals surface area (Å²) in [5.41, 5.74) is -0.446. The van der Waals surface area contributed by atoms with Crippen LogP contribution < -0.4 is 5.32 Å². The van der Waals surface area contributed by atoms with E-state index in [1.807, 2.05) is 32.9 Å². The molecule has 21 heavy (non-hydrogen) atoms. The molecule has 0 spiro atoms. The lowest BCUT2D eigenvalue weighted by atomic mass is 10.0. The third-order valence-electron chi connectivity index (χ3n) is 3.53. The summed E-state index contributed by atoms with van der Waals surface area (Å²) >= 11 is 0. The van der Waals surface area contributed by atoms with E-state index in [9.17, 15) is 4.79 Å². The first kappa shape index (κ1) is 15.9. The predicted molar refractivity (Wildman–Crippen MR) is 81.1 cm³/mol. The van der Waals surface area contributed by atoms with Crippen molar-refractivity contribution in [2.45, 2.75) is 58.2 Å². The van der Waals surface area contributed by atoms with Gasteiger partial charge in [0.25, 0.3) is 0 Å². The molecule has 0 aliphatic carbocycles. The van der Waals surface area contributed by atoms with Crippen LogP contribution in [0.2, 0.25) is 0 Å². The third-order valence-corrected chi connectivity index (χ3v) is 3.53. The Morgan fingerprint density at radius 3 is 2.90 bits per heavy atom. The number of carbonyl (C=O) groups is 1. The maximum atomic E-state index is 12.1. The molecule has 1 aliphatic heterocycles. The largest absolute Gasteiger partial charge is 0.468 e. The number of carbonyl (C=O) groups excluding carboxylic acids is 1. The zero-order valence-corrected chi connectivity index (χ0v) is 13.4. The molecular weight excluding hydrogens is 268 g/mol. The second kappa shape index (κ2) is 6.52. The average Bonchev–Trinajstić information content (AvgIpc) is 2.91. The van der Waals surface area contributed by atoms with Gasteiger partial charge in [-0.15, -0.1) is 0 Å². The Morgan fingerprint density at radius 2 is 2.29 bits per heavy atom. The van der Waals surface area contributed by atoms with Gasteiger partial charge in [0.15, 0.2) is 0 Å². The van der Waals surface area contributed by atoms with Gasteiger partial charge in [-0.25, -0.2) is 4.79 Å². The van der Waals surface area contributed by atoms with Gasteiger partial charge in [-0.05, 0) is 52.7 Å². The Kier molecular flexibility index (Phi) is 4.93. The molecule has 5 nitrogen and oxygen atoms in total. The molecule has 2 atom stereocenters. The van der Waals surface area contributed by atoms with Gasteiger partial charge < -0.3 is 19.4 Å². The van der Waals surface area contributed by atoms with Crippen LogP contribution in [0.25, 0.3) is 0 Å². The molecule has 1 aliphatic rings. The molecule has 118 valence electrons. The fourth-order valence-corrected chi connectivity index (χ4v) is 2.58. The van der Waals surface area contributed by atoms with E-state index in [2.05, 4.69) is 12.2 Å². The molecule has 0 bridgehead atoms. The number of piperidine rings is 1. The molecule has 5 heteroatoms. The second-order valence-electron chi connectivity index (χ2n) is 6.67. The molecule has 0 aromatic carbocycles. The zero-order valence-electron chi connectivity index (χ0n) is 13.4. The summed E-state index contributed by atoms with van der Waals surface area (Å²) in [5.74, 6) is 0.921. The SMILES string of the molecule is C[C@@H](N[C@@H]1CCCN(C(=O)OC(C)(C)C)C1)c1ccco1. The first-order valence-electron chi connectivity index (χ1n) is 7.62. The lowest BCUT2D eigenvalue weighted by Gasteiger charge is -2.35. The number of hydrogen-bond acceptors (Lipinski definition) is 4. The normalized spacial score (nSPS) is 21.1. The van der Waals surface area contributed by atoms with Crippen molar-refractivity contribution in [3.05, 3.63) is 24.2 Å². The number of rotatable bonds is 3. The molecule has 1 saturated heterocycles. The Bertz CT molecular complexity index is 451. The van der Waals surface area contributed by atoms with Crippen LogP contribution in [-0.4, -0.2) is 35.7 Å². The zero-order chi connectivity index (χ0) is 15.5. The van der Waals surface area contributed by atoms with Gasteiger partial charge in [-0.2, -0.15) is 0 Å². The third kappa shape index (κ3) is 4.77. The van der Waals surface area contributed by atoms with Crippen molar-refractivity contribution in [3.8, 4) is 0 Å². The maximum Gasteiger partial charge on any atom is 0.410 e. The van der Waals surface area contributed by atoms with Crippen LogP contribution in [0.15, 0.2) is 22.8 Å². The highest BCUT2D eigenvalue weighted by Gasteiger charge is 2.28. The monoisotopic (exact) mass is 294 g/mol. The van der Waals surface area contributed by atoms with E-state index in [4.69, 9.17) is 9.15 Å². The van der Waals surface area contributed by atoms with E-state index in [0.29, 0.717) is 6.54 Å². The molecule has 2 rings (SSSR count). The highest BCUT2D eigenvalue weighted by atomic mass is 16.6. The Labute approximate surface area is 126 Å². The lowest BCUT2D eigenvalue weighted by molar-refractivity contribution is 0.0183. The molecule has 1 fully saturated rings. The minimum atomic E-state index is -0.446. The first-order chi connectivity index (χ1) is 9.85. The molecule has 1 aromatic heterocycles. The number of nitrogens with zero attached hydrogens (tertiary/aromatic N) is 1. The summed E-state index contributed by atoms with van der Waals surface area (Å²) in [6, 6.07) is 4.27. The van der Waals surface area contributed by atoms with Gasteiger partial charge in [0, 0.05) is 19.1 Å². The van der Waals surface area contributed by atoms with E-state index < -0.39 is 5.60 Å². The Morgan fingerprint density at radius 1 is 1.52 bits per heavy atom. The van der Waals surface area contributed by atoms with Gasteiger partial charge in [0.1, 0.15) is 11.4 Å². The molecule has 0 radical (unpaired) electrons. The molecule has 1 amide bonds. The van der Waals surface area contributed by atoms with Crippen LogP contribution in [0.5, 0.6) is 0 Å². The molecular formula is C16H26N2O3. The fraction of sp³-hybridized carbons (Fsp3) is 0.688. The van der Waals surface area contributed by atoms with Crippen LogP contribution in [0, 0.1) is 0 Å². The summed E-state index contributed by atoms with van der Waals surface area (Å²) in [7, 11) is 0. The quantitative estimate of drug-likeness (QED) is 0.929. The van der Waals surface area contributed by atoms with Crippen molar-refractivity contribution in [1.82, 2.24) is 10.2 Å². The van der Waals surface area contributed by atoms with Crippen LogP contribution in [0.1, 0.15) is 52.3 Å². The van der Waals surface area contributed by atoms with Crippen molar-refractivity contribution >= 4 is 6.09 Å². The number of ether oxygens (including phenoxy) is 1. The van der Waals surface area contributed by atoms with Crippen molar-refractivity contribution in [2.24, 2.45) is 0 Å². The first-order valence-corrected chi connectivity index (χ1v) is 7.62. The van der Waals surface area contributed by atoms with E-state index in [1.165, 1.54) is 0 Å². The van der Waals surface area contributed by atoms with Gasteiger partial charge in [-0.1, -0.05) is 0 Å². The van der Waals surface area contributed by atoms with E-state index in [1.54, 1.807) is 11.2 Å². The fourth-order valence-electron chi connectivity index (χ4n) is 2.58. The summed E-state index contributed by atoms with van der Waals surface area (Å²) < 4.78 is 10.9. The van der Waals surface area contributed by atoms with Gasteiger partial charge >= 0.3 is 6.09 Å². The second-order valence-corrected chi connectivity index (χ2v) is 6.67. The highest BCUT2D eigenvalue weighted by molar-refractivity contribution is 5.68. The van der Waals surface area contributed by atoms with Gasteiger partial charge in [-0.3, -0.25) is 0 Å². The number of nitrogens with one attached hydrogen (secondary N) is 1. The number of amides is 1. The molecule has 0 saturated carbocycles. The molecule has 0 unspecified atom stereocenters. The van der Waals surface area contributed by atoms with Gasteiger partial charge in [0.05, 0.1) is 12.3 Å². The van der Waals surface area contributed by atoms with Crippen molar-refractivity contribution in [3.63, 3.8) is 0 Å². The summed E-state index contributed by atoms with van der Waals surface area (Å²) in [5, 5.41) is 3.53. The van der Waals surface area contributed by atoms with Crippen LogP contribution in [0.4, 0.5) is 4.79 Å². The molecule has 1 aromatic rings. The Balaban J connectivity index is 1.87. The van der Waals surface area contributed by atoms with E-state index in [-0.39, 0.29) is 18.2 Å². The van der Waals surface area contributed by atoms with E-state index in [0.717, 1.165) is 25.1 Å². The lowest BCUT2D eigenvalue weighted by Crippen LogP contribution is -2.49. The summed E-state index contributed by atoms with van der Waals surface area (Å²) in [4.78, 5) is 13.9. The van der Waals surface area contributed by atoms with Gasteiger partial charge in [0.2, 0.25) is 0 Å². The number of hydrogen-bond donors (Lipinski definition) is 1. The topological polar surface area (TPSA) is 54.7 Å². The minimum absolute atomic E-state index is 0.142. The average molecular weight is 294 g/mol. The maximum absolute atomic E-state index is 12.1. The molecule has 1 N–H and O–H groups in total. The van der Waals surface area contributed by atoms with Crippen molar-refractivity contribution in [2.75, 3.05) is 13.1 Å². The standard InChI is InChI=1S/C16H26N2O3/c1-12(14-8-6-10-20-14)17-13-7-5-9-18(11-13)15(19)21-16(2,3)4/h6,8,10,12-13,17H,5,7,9,11H2,1-4H3/t12-,13-/m1/s1. The van der Waals surface area contributed by atoms with Crippen LogP contribution in [-0.2, 0) is 4.74 Å². The summed E-state index contributed by atoms with van der Waals surface area (Å²) in [6.45, 7) is 9.20. The predicted octanol–water partition coefficient (Wildman–Crippen LogP) is 3.33. The van der Waals surface area contributed by atoms with Crippen molar-refractivity contribution in [1.29, 1.82) is 0 Å². The minimum Gasteiger partial charge on any atom is -0.468 e.